The summed E-state index contributed by atoms with van der Waals surface area (Å²) in [5.74, 6) is -2.49. The van der Waals surface area contributed by atoms with Crippen molar-refractivity contribution in [3.8, 4) is 5.75 Å². The molecule has 0 aliphatic carbocycles. The van der Waals surface area contributed by atoms with Gasteiger partial charge in [-0.15, -0.1) is 0 Å². The molecule has 2 aliphatic rings. The van der Waals surface area contributed by atoms with E-state index in [1.165, 1.54) is 19.1 Å². The van der Waals surface area contributed by atoms with Crippen LogP contribution < -0.4 is 15.2 Å². The second kappa shape index (κ2) is 12.2. The maximum atomic E-state index is 14.1. The fourth-order valence-electron chi connectivity index (χ4n) is 6.48. The minimum absolute atomic E-state index is 0.0255. The van der Waals surface area contributed by atoms with Gasteiger partial charge in [0.1, 0.15) is 18.4 Å². The van der Waals surface area contributed by atoms with Gasteiger partial charge in [-0.2, -0.15) is 0 Å². The van der Waals surface area contributed by atoms with Crippen LogP contribution in [0.1, 0.15) is 17.2 Å². The van der Waals surface area contributed by atoms with Crippen LogP contribution >= 0.6 is 0 Å². The summed E-state index contributed by atoms with van der Waals surface area (Å²) in [6, 6.07) is 25.9. The number of ether oxygens (including phenoxy) is 4. The van der Waals surface area contributed by atoms with Crippen LogP contribution in [0.5, 0.6) is 5.75 Å². The Morgan fingerprint density at radius 3 is 2.00 bits per heavy atom. The lowest BCUT2D eigenvalue weighted by atomic mass is 9.53. The summed E-state index contributed by atoms with van der Waals surface area (Å²) in [5.41, 5.74) is 3.05. The molecule has 0 unspecified atom stereocenters. The smallest absolute Gasteiger partial charge is 0.411 e. The maximum absolute atomic E-state index is 14.1. The van der Waals surface area contributed by atoms with Crippen LogP contribution in [-0.2, 0) is 30.4 Å². The highest BCUT2D eigenvalue weighted by atomic mass is 16.6. The zero-order valence-electron chi connectivity index (χ0n) is 24.6. The molecule has 1 fully saturated rings. The molecule has 0 bridgehead atoms. The molecule has 0 aromatic heterocycles. The summed E-state index contributed by atoms with van der Waals surface area (Å²) >= 11 is 0. The Balaban J connectivity index is 1.47. The molecule has 2 N–H and O–H groups in total. The Kier molecular flexibility index (Phi) is 8.02. The van der Waals surface area contributed by atoms with E-state index < -0.39 is 48.8 Å². The van der Waals surface area contributed by atoms with Crippen LogP contribution in [0.4, 0.5) is 16.2 Å². The van der Waals surface area contributed by atoms with Crippen molar-refractivity contribution in [3.05, 3.63) is 102 Å². The first kappa shape index (κ1) is 28.9. The third-order valence-corrected chi connectivity index (χ3v) is 8.42. The van der Waals surface area contributed by atoms with Crippen molar-refractivity contribution in [1.82, 2.24) is 4.90 Å². The van der Waals surface area contributed by atoms with Gasteiger partial charge in [0.05, 0.1) is 33.3 Å². The van der Waals surface area contributed by atoms with Gasteiger partial charge in [0.2, 0.25) is 0 Å². The molecule has 6 rings (SSSR count). The fourth-order valence-corrected chi connectivity index (χ4v) is 6.48. The first-order valence-electron chi connectivity index (χ1n) is 14.3. The van der Waals surface area contributed by atoms with E-state index in [2.05, 4.69) is 10.5 Å². The second-order valence-corrected chi connectivity index (χ2v) is 10.7. The molecule has 1 amide bonds. The van der Waals surface area contributed by atoms with Crippen molar-refractivity contribution in [1.29, 1.82) is 0 Å². The Morgan fingerprint density at radius 1 is 0.773 bits per heavy atom. The van der Waals surface area contributed by atoms with Crippen LogP contribution in [0, 0.1) is 5.92 Å². The number of esters is 2. The quantitative estimate of drug-likeness (QED) is 0.168. The number of hydrogen-bond donors (Lipinski definition) is 2. The zero-order valence-corrected chi connectivity index (χ0v) is 24.6. The number of likely N-dealkylation sites (tertiary alicyclic amines) is 1. The van der Waals surface area contributed by atoms with Crippen LogP contribution in [0.25, 0.3) is 10.8 Å². The summed E-state index contributed by atoms with van der Waals surface area (Å²) in [6.45, 7) is -0.696. The van der Waals surface area contributed by atoms with E-state index >= 15 is 0 Å². The molecule has 0 spiro atoms. The molecule has 11 heteroatoms. The van der Waals surface area contributed by atoms with Crippen molar-refractivity contribution in [2.45, 2.75) is 24.5 Å². The van der Waals surface area contributed by atoms with Gasteiger partial charge in [-0.3, -0.25) is 9.69 Å². The predicted molar refractivity (Wildman–Crippen MR) is 166 cm³/mol. The first-order valence-corrected chi connectivity index (χ1v) is 14.3. The summed E-state index contributed by atoms with van der Waals surface area (Å²) in [7, 11) is 4.11. The first-order chi connectivity index (χ1) is 21.4. The van der Waals surface area contributed by atoms with E-state index in [0.29, 0.717) is 11.3 Å². The number of carbonyl (C=O) groups excluding carboxylic acids is 3. The summed E-state index contributed by atoms with van der Waals surface area (Å²) in [4.78, 5) is 42.9. The van der Waals surface area contributed by atoms with Gasteiger partial charge in [0.15, 0.2) is 0 Å². The van der Waals surface area contributed by atoms with Gasteiger partial charge in [-0.05, 0) is 40.8 Å². The Hall–Kier alpha value is -5.19. The highest BCUT2D eigenvalue weighted by Crippen LogP contribution is 2.52. The number of hydrogen-bond acceptors (Lipinski definition) is 9. The molecule has 10 nitrogen and oxygen atoms in total. The molecule has 4 aromatic carbocycles. The normalized spacial score (nSPS) is 20.3. The van der Waals surface area contributed by atoms with Gasteiger partial charge in [0.25, 0.3) is 0 Å². The minimum atomic E-state index is -1.21. The fraction of sp³-hybridized carbons (Fsp3) is 0.242. The van der Waals surface area contributed by atoms with E-state index in [1.54, 1.807) is 31.4 Å². The van der Waals surface area contributed by atoms with Crippen molar-refractivity contribution in [2.75, 3.05) is 31.8 Å². The molecule has 0 radical (unpaired) electrons. The number of nitrogens with zero attached hydrogens (tertiary/aromatic N) is 1. The molecule has 4 atom stereocenters. The number of benzene rings is 4. The van der Waals surface area contributed by atoms with Gasteiger partial charge in [-0.25, -0.2) is 9.59 Å². The topological polar surface area (TPSA) is 115 Å². The van der Waals surface area contributed by atoms with Crippen LogP contribution in [0.3, 0.4) is 0 Å². The van der Waals surface area contributed by atoms with E-state index in [9.17, 15) is 14.4 Å². The average molecular weight is 593 g/mol. The van der Waals surface area contributed by atoms with Gasteiger partial charge < -0.3 is 29.4 Å². The molecular weight excluding hydrogens is 561 g/mol. The lowest BCUT2D eigenvalue weighted by molar-refractivity contribution is -0.146. The largest absolute Gasteiger partial charge is 0.497 e. The molecule has 1 saturated heterocycles. The molecule has 44 heavy (non-hydrogen) atoms. The number of anilines is 2. The monoisotopic (exact) mass is 593 g/mol. The van der Waals surface area contributed by atoms with Crippen LogP contribution in [0.2, 0.25) is 5.82 Å². The SMILES string of the molecule is COC(=O)[C@H]1[C@H](B2Nc3cccc4cccc(c34)N2)[C@@H](C(=O)OC)N(C(=O)OCc2ccccc2)[C@H]1c1ccc(OC)cc1. The zero-order chi connectivity index (χ0) is 30.8. The summed E-state index contributed by atoms with van der Waals surface area (Å²) in [5, 5.41) is 9.02. The minimum Gasteiger partial charge on any atom is -0.497 e. The molecule has 2 heterocycles. The van der Waals surface area contributed by atoms with Crippen LogP contribution in [-0.4, -0.2) is 57.3 Å². The van der Waals surface area contributed by atoms with Crippen molar-refractivity contribution in [3.63, 3.8) is 0 Å². The number of methoxy groups -OCH3 is 3. The van der Waals surface area contributed by atoms with Crippen molar-refractivity contribution < 1.29 is 33.3 Å². The molecular formula is C33H32BN3O7. The Bertz CT molecular complexity index is 1640. The van der Waals surface area contributed by atoms with Crippen LogP contribution in [0.15, 0.2) is 91.0 Å². The third kappa shape index (κ3) is 5.14. The van der Waals surface area contributed by atoms with Crippen molar-refractivity contribution in [2.24, 2.45) is 5.92 Å². The lowest BCUT2D eigenvalue weighted by Crippen LogP contribution is -2.52. The van der Waals surface area contributed by atoms with Crippen molar-refractivity contribution >= 4 is 47.2 Å². The van der Waals surface area contributed by atoms with E-state index in [4.69, 9.17) is 18.9 Å². The Labute approximate surface area is 255 Å². The molecule has 0 saturated carbocycles. The maximum Gasteiger partial charge on any atom is 0.411 e. The summed E-state index contributed by atoms with van der Waals surface area (Å²) in [6.07, 6.45) is -0.764. The lowest BCUT2D eigenvalue weighted by Gasteiger charge is -2.34. The van der Waals surface area contributed by atoms with Gasteiger partial charge >= 0.3 is 25.0 Å². The number of carbonyl (C=O) groups is 3. The predicted octanol–water partition coefficient (Wildman–Crippen LogP) is 5.27. The highest BCUT2D eigenvalue weighted by molar-refractivity contribution is 6.70. The molecule has 2 aliphatic heterocycles. The third-order valence-electron chi connectivity index (χ3n) is 8.42. The molecule has 224 valence electrons. The number of rotatable bonds is 7. The average Bonchev–Trinajstić information content (AvgIpc) is 3.43. The number of nitrogens with one attached hydrogen (secondary N) is 2. The summed E-state index contributed by atoms with van der Waals surface area (Å²) < 4.78 is 21.8. The molecule has 4 aromatic rings. The van der Waals surface area contributed by atoms with E-state index in [0.717, 1.165) is 27.7 Å². The van der Waals surface area contributed by atoms with Gasteiger partial charge in [0, 0.05) is 22.6 Å². The van der Waals surface area contributed by atoms with Gasteiger partial charge in [-0.1, -0.05) is 66.7 Å². The Morgan fingerprint density at radius 2 is 1.41 bits per heavy atom. The van der Waals surface area contributed by atoms with E-state index in [-0.39, 0.29) is 6.61 Å². The van der Waals surface area contributed by atoms with E-state index in [1.807, 2.05) is 66.7 Å². The highest BCUT2D eigenvalue weighted by Gasteiger charge is 2.62. The standard InChI is InChI=1S/C33H32BN3O7/c1-41-23-17-15-22(16-18-23)29-27(31(38)42-2)28(34-35-24-13-7-11-21-12-8-14-25(36-34)26(21)24)30(32(39)43-3)37(29)33(40)44-19-20-9-5-4-6-10-20/h4-18,27-30,35-36H,19H2,1-3H3/t27-,28-,29-,30-/m0/s1. The second-order valence-electron chi connectivity index (χ2n) is 10.7. The number of amides is 1.